The maximum Gasteiger partial charge on any atom is 0.272 e. The number of hydrogen-bond acceptors (Lipinski definition) is 5. The second-order valence-electron chi connectivity index (χ2n) is 5.97. The molecule has 1 amide bonds. The van der Waals surface area contributed by atoms with Crippen LogP contribution in [0.15, 0.2) is 36.5 Å². The fourth-order valence-electron chi connectivity index (χ4n) is 2.95. The van der Waals surface area contributed by atoms with Gasteiger partial charge in [0.05, 0.1) is 19.9 Å². The van der Waals surface area contributed by atoms with Crippen LogP contribution >= 0.6 is 0 Å². The first-order valence-electron chi connectivity index (χ1n) is 8.45. The van der Waals surface area contributed by atoms with Gasteiger partial charge in [-0.25, -0.2) is 0 Å². The number of pyridine rings is 1. The summed E-state index contributed by atoms with van der Waals surface area (Å²) < 4.78 is 10.6. The Hall–Kier alpha value is -2.76. The van der Waals surface area contributed by atoms with Gasteiger partial charge in [0.2, 0.25) is 0 Å². The molecule has 0 radical (unpaired) electrons. The van der Waals surface area contributed by atoms with Crippen molar-refractivity contribution in [3.63, 3.8) is 0 Å². The van der Waals surface area contributed by atoms with Gasteiger partial charge in [-0.15, -0.1) is 0 Å². The first kappa shape index (κ1) is 17.1. The van der Waals surface area contributed by atoms with E-state index in [4.69, 9.17) is 9.47 Å². The lowest BCUT2D eigenvalue weighted by Gasteiger charge is -2.26. The number of nitrogens with zero attached hydrogens (tertiary/aromatic N) is 2. The largest absolute Gasteiger partial charge is 0.497 e. The average Bonchev–Trinajstić information content (AvgIpc) is 2.68. The molecule has 0 unspecified atom stereocenters. The Morgan fingerprint density at radius 1 is 1.08 bits per heavy atom. The van der Waals surface area contributed by atoms with E-state index < -0.39 is 0 Å². The lowest BCUT2D eigenvalue weighted by atomic mass is 10.1. The number of aromatic nitrogens is 1. The highest BCUT2D eigenvalue weighted by Crippen LogP contribution is 2.31. The summed E-state index contributed by atoms with van der Waals surface area (Å²) >= 11 is 0. The van der Waals surface area contributed by atoms with E-state index in [1.165, 1.54) is 6.42 Å². The number of benzene rings is 1. The van der Waals surface area contributed by atoms with Gasteiger partial charge in [0.15, 0.2) is 0 Å². The summed E-state index contributed by atoms with van der Waals surface area (Å²) in [5.41, 5.74) is 2.00. The molecule has 1 N–H and O–H groups in total. The second kappa shape index (κ2) is 7.88. The molecule has 1 aromatic heterocycles. The first-order chi connectivity index (χ1) is 12.2. The third kappa shape index (κ3) is 4.02. The number of ether oxygens (including phenoxy) is 2. The van der Waals surface area contributed by atoms with E-state index in [0.717, 1.165) is 43.1 Å². The number of carbonyl (C=O) groups excluding carboxylic acids is 1. The van der Waals surface area contributed by atoms with Gasteiger partial charge in [0, 0.05) is 31.0 Å². The minimum atomic E-state index is -0.0130. The molecule has 6 nitrogen and oxygen atoms in total. The number of rotatable bonds is 5. The van der Waals surface area contributed by atoms with Crippen LogP contribution in [-0.2, 0) is 0 Å². The third-order valence-corrected chi connectivity index (χ3v) is 4.31. The molecule has 2 heterocycles. The molecule has 1 fully saturated rings. The summed E-state index contributed by atoms with van der Waals surface area (Å²) in [6.07, 6.45) is 4.95. The Balaban J connectivity index is 1.81. The molecule has 3 rings (SSSR count). The van der Waals surface area contributed by atoms with E-state index in [2.05, 4.69) is 10.3 Å². The lowest BCUT2D eigenvalue weighted by Crippen LogP contribution is -2.36. The maximum absolute atomic E-state index is 12.6. The van der Waals surface area contributed by atoms with Gasteiger partial charge in [-0.2, -0.15) is 0 Å². The lowest BCUT2D eigenvalue weighted by molar-refractivity contribution is 0.0718. The molecule has 0 atom stereocenters. The van der Waals surface area contributed by atoms with Crippen LogP contribution in [0.5, 0.6) is 11.5 Å². The molecule has 132 valence electrons. The van der Waals surface area contributed by atoms with Gasteiger partial charge in [-0.05, 0) is 43.5 Å². The molecule has 1 saturated heterocycles. The van der Waals surface area contributed by atoms with E-state index in [1.807, 2.05) is 29.2 Å². The topological polar surface area (TPSA) is 63.7 Å². The van der Waals surface area contributed by atoms with Crippen molar-refractivity contribution < 1.29 is 14.3 Å². The zero-order valence-electron chi connectivity index (χ0n) is 14.6. The second-order valence-corrected chi connectivity index (χ2v) is 5.97. The van der Waals surface area contributed by atoms with Crippen molar-refractivity contribution in [1.29, 1.82) is 0 Å². The van der Waals surface area contributed by atoms with Crippen molar-refractivity contribution in [3.05, 3.63) is 42.2 Å². The van der Waals surface area contributed by atoms with E-state index >= 15 is 0 Å². The van der Waals surface area contributed by atoms with Gasteiger partial charge < -0.3 is 19.7 Å². The molecule has 1 aliphatic heterocycles. The molecule has 0 bridgehead atoms. The van der Waals surface area contributed by atoms with Crippen LogP contribution in [0.2, 0.25) is 0 Å². The maximum atomic E-state index is 12.6. The van der Waals surface area contributed by atoms with E-state index in [9.17, 15) is 4.79 Å². The number of piperidine rings is 1. The van der Waals surface area contributed by atoms with Crippen molar-refractivity contribution in [2.75, 3.05) is 32.6 Å². The van der Waals surface area contributed by atoms with Crippen LogP contribution in [0.4, 0.5) is 11.4 Å². The van der Waals surface area contributed by atoms with Crippen LogP contribution in [0, 0.1) is 0 Å². The van der Waals surface area contributed by atoms with E-state index in [1.54, 1.807) is 26.5 Å². The zero-order chi connectivity index (χ0) is 17.6. The standard InChI is InChI=1S/C19H23N3O3/c1-24-15-6-7-18(25-2)16(13-15)21-14-8-9-20-17(12-14)19(23)22-10-4-3-5-11-22/h6-9,12-13H,3-5,10-11H2,1-2H3,(H,20,21). The fourth-order valence-corrected chi connectivity index (χ4v) is 2.95. The molecule has 25 heavy (non-hydrogen) atoms. The van der Waals surface area contributed by atoms with Crippen LogP contribution in [-0.4, -0.2) is 43.1 Å². The Labute approximate surface area is 147 Å². The molecular formula is C19H23N3O3. The van der Waals surface area contributed by atoms with Crippen molar-refractivity contribution in [1.82, 2.24) is 9.88 Å². The third-order valence-electron chi connectivity index (χ3n) is 4.31. The SMILES string of the molecule is COc1ccc(OC)c(Nc2ccnc(C(=O)N3CCCCC3)c2)c1. The van der Waals surface area contributed by atoms with Gasteiger partial charge >= 0.3 is 0 Å². The van der Waals surface area contributed by atoms with Crippen LogP contribution in [0.25, 0.3) is 0 Å². The normalized spacial score (nSPS) is 14.1. The van der Waals surface area contributed by atoms with Gasteiger partial charge in [-0.1, -0.05) is 0 Å². The Morgan fingerprint density at radius 3 is 2.60 bits per heavy atom. The highest BCUT2D eigenvalue weighted by molar-refractivity contribution is 5.93. The number of carbonyl (C=O) groups is 1. The Morgan fingerprint density at radius 2 is 1.88 bits per heavy atom. The summed E-state index contributed by atoms with van der Waals surface area (Å²) in [5, 5.41) is 3.28. The molecule has 0 saturated carbocycles. The fraction of sp³-hybridized carbons (Fsp3) is 0.368. The molecular weight excluding hydrogens is 318 g/mol. The van der Waals surface area contributed by atoms with Crippen molar-refractivity contribution in [2.24, 2.45) is 0 Å². The zero-order valence-corrected chi connectivity index (χ0v) is 14.6. The molecule has 0 aliphatic carbocycles. The Bertz CT molecular complexity index is 742. The van der Waals surface area contributed by atoms with Gasteiger partial charge in [0.1, 0.15) is 17.2 Å². The molecule has 0 spiro atoms. The van der Waals surface area contributed by atoms with Crippen LogP contribution in [0.1, 0.15) is 29.8 Å². The first-order valence-corrected chi connectivity index (χ1v) is 8.45. The van der Waals surface area contributed by atoms with Crippen LogP contribution < -0.4 is 14.8 Å². The highest BCUT2D eigenvalue weighted by Gasteiger charge is 2.19. The summed E-state index contributed by atoms with van der Waals surface area (Å²) in [6, 6.07) is 9.12. The van der Waals surface area contributed by atoms with Crippen molar-refractivity contribution >= 4 is 17.3 Å². The summed E-state index contributed by atoms with van der Waals surface area (Å²) in [5.74, 6) is 1.41. The van der Waals surface area contributed by atoms with E-state index in [-0.39, 0.29) is 5.91 Å². The smallest absolute Gasteiger partial charge is 0.272 e. The van der Waals surface area contributed by atoms with Crippen LogP contribution in [0.3, 0.4) is 0 Å². The van der Waals surface area contributed by atoms with Gasteiger partial charge in [0.25, 0.3) is 5.91 Å². The summed E-state index contributed by atoms with van der Waals surface area (Å²) in [7, 11) is 3.23. The molecule has 1 aliphatic rings. The number of hydrogen-bond donors (Lipinski definition) is 1. The highest BCUT2D eigenvalue weighted by atomic mass is 16.5. The van der Waals surface area contributed by atoms with Crippen molar-refractivity contribution in [3.8, 4) is 11.5 Å². The Kier molecular flexibility index (Phi) is 5.38. The summed E-state index contributed by atoms with van der Waals surface area (Å²) in [6.45, 7) is 1.61. The molecule has 2 aromatic rings. The number of methoxy groups -OCH3 is 2. The summed E-state index contributed by atoms with van der Waals surface area (Å²) in [4.78, 5) is 18.7. The quantitative estimate of drug-likeness (QED) is 0.902. The minimum absolute atomic E-state index is 0.0130. The molecule has 6 heteroatoms. The predicted molar refractivity (Wildman–Crippen MR) is 96.8 cm³/mol. The molecule has 1 aromatic carbocycles. The number of anilines is 2. The average molecular weight is 341 g/mol. The number of nitrogens with one attached hydrogen (secondary N) is 1. The van der Waals surface area contributed by atoms with Gasteiger partial charge in [-0.3, -0.25) is 9.78 Å². The monoisotopic (exact) mass is 341 g/mol. The van der Waals surface area contributed by atoms with E-state index in [0.29, 0.717) is 11.4 Å². The number of amides is 1. The minimum Gasteiger partial charge on any atom is -0.497 e. The number of likely N-dealkylation sites (tertiary alicyclic amines) is 1. The van der Waals surface area contributed by atoms with Crippen molar-refractivity contribution in [2.45, 2.75) is 19.3 Å². The predicted octanol–water partition coefficient (Wildman–Crippen LogP) is 3.47.